The van der Waals surface area contributed by atoms with Crippen molar-refractivity contribution in [3.05, 3.63) is 29.3 Å². The molecule has 0 unspecified atom stereocenters. The maximum atomic E-state index is 13.1. The minimum absolute atomic E-state index is 0. The fourth-order valence-electron chi connectivity index (χ4n) is 3.66. The van der Waals surface area contributed by atoms with E-state index in [1.54, 1.807) is 0 Å². The van der Waals surface area contributed by atoms with E-state index in [9.17, 15) is 4.79 Å². The molecule has 1 aromatic rings. The molecule has 2 amide bonds. The van der Waals surface area contributed by atoms with Crippen molar-refractivity contribution in [2.45, 2.75) is 92.9 Å². The quantitative estimate of drug-likeness (QED) is 0.192. The highest BCUT2D eigenvalue weighted by molar-refractivity contribution is 6.01. The lowest BCUT2D eigenvalue weighted by Crippen LogP contribution is -2.52. The maximum absolute atomic E-state index is 13.1. The average Bonchev–Trinajstić information content (AvgIpc) is 2.75. The summed E-state index contributed by atoms with van der Waals surface area (Å²) in [4.78, 5) is 15.5. The number of guanidine groups is 1. The number of aryl methyl sites for hydroxylation is 2. The number of halogens is 1. The van der Waals surface area contributed by atoms with Crippen molar-refractivity contribution in [1.29, 1.82) is 0 Å². The van der Waals surface area contributed by atoms with Gasteiger partial charge in [0.1, 0.15) is 0 Å². The number of carbonyl (C=O) groups is 1. The molecule has 0 saturated heterocycles. The summed E-state index contributed by atoms with van der Waals surface area (Å²) in [6, 6.07) is 5.95. The number of para-hydroxylation sites is 1. The SMILES string of the molecule is CCCCN(CCCC)C(NC(=O)Nc1c(C)cccc1C)=[N+](CCCC)CCCC.Cl. The standard InChI is InChI=1S/C26H46N4O.ClH/c1-7-11-18-29(19-12-8-2)26(30(20-13-9-3)21-14-10-4)28-25(31)27-24-22(5)16-15-17-23(24)6;/h15-17H,7-14,18-21H2,1-6H3,(H,27,31);1H/p+1. The number of hydrogen-bond acceptors (Lipinski definition) is 1. The van der Waals surface area contributed by atoms with Crippen molar-refractivity contribution in [3.8, 4) is 0 Å². The Bertz CT molecular complexity index is 652. The fourth-order valence-corrected chi connectivity index (χ4v) is 3.66. The predicted molar refractivity (Wildman–Crippen MR) is 142 cm³/mol. The summed E-state index contributed by atoms with van der Waals surface area (Å²) in [5.41, 5.74) is 3.07. The molecule has 32 heavy (non-hydrogen) atoms. The van der Waals surface area contributed by atoms with E-state index in [1.807, 2.05) is 32.0 Å². The average molecular weight is 468 g/mol. The number of urea groups is 1. The van der Waals surface area contributed by atoms with Crippen LogP contribution in [-0.4, -0.2) is 47.6 Å². The number of rotatable bonds is 13. The van der Waals surface area contributed by atoms with Gasteiger partial charge in [0.2, 0.25) is 0 Å². The molecule has 1 rings (SSSR count). The first-order chi connectivity index (χ1) is 15.0. The third-order valence-corrected chi connectivity index (χ3v) is 5.67. The number of carbonyl (C=O) groups excluding carboxylic acids is 1. The third kappa shape index (κ3) is 10.7. The molecular weight excluding hydrogens is 420 g/mol. The summed E-state index contributed by atoms with van der Waals surface area (Å²) in [5, 5.41) is 6.39. The molecule has 5 nitrogen and oxygen atoms in total. The smallest absolute Gasteiger partial charge is 0.294 e. The molecule has 0 heterocycles. The molecule has 6 heteroatoms. The molecule has 0 aromatic heterocycles. The molecule has 0 aliphatic rings. The summed E-state index contributed by atoms with van der Waals surface area (Å²) in [6.07, 6.45) is 9.10. The van der Waals surface area contributed by atoms with Gasteiger partial charge in [0.05, 0.1) is 26.2 Å². The largest absolute Gasteiger partial charge is 0.384 e. The second-order valence-electron chi connectivity index (χ2n) is 8.56. The van der Waals surface area contributed by atoms with E-state index in [0.717, 1.165) is 100 Å². The number of hydrogen-bond donors (Lipinski definition) is 2. The second-order valence-corrected chi connectivity index (χ2v) is 8.56. The Kier molecular flexibility index (Phi) is 16.8. The molecule has 0 bridgehead atoms. The Labute approximate surface area is 203 Å². The van der Waals surface area contributed by atoms with Gasteiger partial charge in [0.25, 0.3) is 0 Å². The van der Waals surface area contributed by atoms with E-state index in [2.05, 4.69) is 47.8 Å². The Morgan fingerprint density at radius 1 is 0.844 bits per heavy atom. The summed E-state index contributed by atoms with van der Waals surface area (Å²) < 4.78 is 2.41. The number of benzene rings is 1. The van der Waals surface area contributed by atoms with Gasteiger partial charge in [-0.2, -0.15) is 5.32 Å². The van der Waals surface area contributed by atoms with Crippen LogP contribution in [0, 0.1) is 13.8 Å². The zero-order valence-electron chi connectivity index (χ0n) is 21.4. The van der Waals surface area contributed by atoms with Gasteiger partial charge in [-0.05, 0) is 50.7 Å². The van der Waals surface area contributed by atoms with Crippen molar-refractivity contribution < 1.29 is 9.37 Å². The van der Waals surface area contributed by atoms with Crippen molar-refractivity contribution in [1.82, 2.24) is 10.2 Å². The van der Waals surface area contributed by atoms with Crippen LogP contribution in [0.1, 0.15) is 90.2 Å². The van der Waals surface area contributed by atoms with Gasteiger partial charge >= 0.3 is 12.0 Å². The number of nitrogens with one attached hydrogen (secondary N) is 2. The van der Waals surface area contributed by atoms with Crippen LogP contribution in [0.15, 0.2) is 18.2 Å². The van der Waals surface area contributed by atoms with Gasteiger partial charge in [-0.25, -0.2) is 4.79 Å². The zero-order valence-corrected chi connectivity index (χ0v) is 22.2. The highest BCUT2D eigenvalue weighted by Gasteiger charge is 2.25. The van der Waals surface area contributed by atoms with Crippen molar-refractivity contribution >= 4 is 30.1 Å². The molecule has 0 aliphatic carbocycles. The lowest BCUT2D eigenvalue weighted by Gasteiger charge is -2.24. The van der Waals surface area contributed by atoms with Gasteiger partial charge in [0, 0.05) is 5.69 Å². The molecule has 0 saturated carbocycles. The first-order valence-electron chi connectivity index (χ1n) is 12.5. The summed E-state index contributed by atoms with van der Waals surface area (Å²) >= 11 is 0. The lowest BCUT2D eigenvalue weighted by atomic mass is 10.1. The van der Waals surface area contributed by atoms with Gasteiger partial charge < -0.3 is 0 Å². The molecule has 184 valence electrons. The molecule has 0 radical (unpaired) electrons. The van der Waals surface area contributed by atoms with Crippen LogP contribution in [0.4, 0.5) is 10.5 Å². The molecule has 1 aromatic carbocycles. The summed E-state index contributed by atoms with van der Waals surface area (Å²) in [5.74, 6) is 0.979. The maximum Gasteiger partial charge on any atom is 0.384 e. The number of anilines is 1. The van der Waals surface area contributed by atoms with Crippen molar-refractivity contribution in [3.63, 3.8) is 0 Å². The van der Waals surface area contributed by atoms with Gasteiger partial charge in [-0.1, -0.05) is 71.6 Å². The highest BCUT2D eigenvalue weighted by Crippen LogP contribution is 2.19. The van der Waals surface area contributed by atoms with Crippen molar-refractivity contribution in [2.24, 2.45) is 0 Å². The minimum Gasteiger partial charge on any atom is -0.294 e. The van der Waals surface area contributed by atoms with E-state index >= 15 is 0 Å². The van der Waals surface area contributed by atoms with Gasteiger partial charge in [-0.15, -0.1) is 12.4 Å². The third-order valence-electron chi connectivity index (χ3n) is 5.67. The van der Waals surface area contributed by atoms with Gasteiger partial charge in [0.15, 0.2) is 0 Å². The number of unbranched alkanes of at least 4 members (excludes halogenated alkanes) is 4. The van der Waals surface area contributed by atoms with Crippen molar-refractivity contribution in [2.75, 3.05) is 31.5 Å². The van der Waals surface area contributed by atoms with E-state index in [1.165, 1.54) is 0 Å². The Balaban J connectivity index is 0.00000961. The molecule has 0 atom stereocenters. The van der Waals surface area contributed by atoms with E-state index < -0.39 is 0 Å². The predicted octanol–water partition coefficient (Wildman–Crippen LogP) is 6.72. The Hall–Kier alpha value is -1.75. The molecule has 0 spiro atoms. The summed E-state index contributed by atoms with van der Waals surface area (Å²) in [7, 11) is 0. The monoisotopic (exact) mass is 467 g/mol. The second kappa shape index (κ2) is 17.8. The summed E-state index contributed by atoms with van der Waals surface area (Å²) in [6.45, 7) is 16.9. The molecular formula is C26H48ClN4O+. The fraction of sp³-hybridized carbons (Fsp3) is 0.692. The topological polar surface area (TPSA) is 47.4 Å². The van der Waals surface area contributed by atoms with Crippen LogP contribution < -0.4 is 10.6 Å². The molecule has 2 N–H and O–H groups in total. The van der Waals surface area contributed by atoms with Crippen LogP contribution >= 0.6 is 12.4 Å². The van der Waals surface area contributed by atoms with Gasteiger partial charge in [-0.3, -0.25) is 14.8 Å². The van der Waals surface area contributed by atoms with E-state index in [-0.39, 0.29) is 18.4 Å². The number of nitrogens with zero attached hydrogens (tertiary/aromatic N) is 2. The van der Waals surface area contributed by atoms with Crippen LogP contribution in [-0.2, 0) is 0 Å². The van der Waals surface area contributed by atoms with E-state index in [0.29, 0.717) is 0 Å². The number of amides is 2. The first kappa shape index (κ1) is 30.2. The van der Waals surface area contributed by atoms with Crippen LogP contribution in [0.5, 0.6) is 0 Å². The molecule has 0 fully saturated rings. The Morgan fingerprint density at radius 2 is 1.31 bits per heavy atom. The minimum atomic E-state index is -0.150. The highest BCUT2D eigenvalue weighted by atomic mass is 35.5. The normalized spacial score (nSPS) is 10.3. The molecule has 0 aliphatic heterocycles. The van der Waals surface area contributed by atoms with Crippen LogP contribution in [0.3, 0.4) is 0 Å². The zero-order chi connectivity index (χ0) is 23.1. The van der Waals surface area contributed by atoms with Crippen LogP contribution in [0.2, 0.25) is 0 Å². The first-order valence-corrected chi connectivity index (χ1v) is 12.5. The lowest BCUT2D eigenvalue weighted by molar-refractivity contribution is -0.535. The Morgan fingerprint density at radius 3 is 1.75 bits per heavy atom. The van der Waals surface area contributed by atoms with E-state index in [4.69, 9.17) is 0 Å². The van der Waals surface area contributed by atoms with Crippen LogP contribution in [0.25, 0.3) is 0 Å².